The van der Waals surface area contributed by atoms with Gasteiger partial charge in [0.2, 0.25) is 0 Å². The van der Waals surface area contributed by atoms with Crippen molar-refractivity contribution in [2.75, 3.05) is 6.61 Å². The van der Waals surface area contributed by atoms with Crippen LogP contribution >= 0.6 is 23.5 Å². The maximum absolute atomic E-state index is 13.0. The monoisotopic (exact) mass is 350 g/mol. The van der Waals surface area contributed by atoms with Gasteiger partial charge in [-0.1, -0.05) is 48.5 Å². The average molecular weight is 351 g/mol. The predicted octanol–water partition coefficient (Wildman–Crippen LogP) is 5.75. The van der Waals surface area contributed by atoms with Crippen molar-refractivity contribution in [1.29, 1.82) is 0 Å². The first-order valence-corrected chi connectivity index (χ1v) is 9.76. The fraction of sp³-hybridized carbons (Fsp3) is 0.857. The molecule has 0 aromatic carbocycles. The van der Waals surface area contributed by atoms with Crippen molar-refractivity contribution >= 4 is 23.5 Å². The van der Waals surface area contributed by atoms with E-state index in [0.717, 1.165) is 54.7 Å². The third-order valence-corrected chi connectivity index (χ3v) is 7.81. The van der Waals surface area contributed by atoms with Gasteiger partial charge in [-0.15, -0.1) is 0 Å². The summed E-state index contributed by atoms with van der Waals surface area (Å²) in [6, 6.07) is 0. The van der Waals surface area contributed by atoms with E-state index < -0.39 is 7.60 Å². The molecule has 19 heavy (non-hydrogen) atoms. The number of hydrogen-bond acceptors (Lipinski definition) is 3. The Labute approximate surface area is 124 Å². The predicted molar refractivity (Wildman–Crippen MR) is 81.6 cm³/mol. The van der Waals surface area contributed by atoms with E-state index in [4.69, 9.17) is 9.05 Å². The van der Waals surface area contributed by atoms with Crippen LogP contribution in [0.1, 0.15) is 65.2 Å². The van der Waals surface area contributed by atoms with E-state index in [1.807, 2.05) is 6.92 Å². The van der Waals surface area contributed by atoms with E-state index in [9.17, 15) is 4.57 Å². The molecule has 1 spiro atoms. The molecule has 0 bridgehead atoms. The zero-order chi connectivity index (χ0) is 13.9. The smallest absolute Gasteiger partial charge is 0.306 e. The number of unbranched alkanes of at least 4 members (excludes halogenated alkanes) is 1. The molecule has 1 aliphatic carbocycles. The van der Waals surface area contributed by atoms with Crippen molar-refractivity contribution in [3.63, 3.8) is 0 Å². The lowest BCUT2D eigenvalue weighted by Gasteiger charge is -2.33. The fourth-order valence-electron chi connectivity index (χ4n) is 3.01. The summed E-state index contributed by atoms with van der Waals surface area (Å²) in [6.07, 6.45) is 8.37. The molecule has 2 aliphatic rings. The minimum Gasteiger partial charge on any atom is -0.306 e. The molecule has 3 nitrogen and oxygen atoms in total. The third kappa shape index (κ3) is 3.02. The summed E-state index contributed by atoms with van der Waals surface area (Å²) < 4.78 is 25.6. The van der Waals surface area contributed by atoms with Gasteiger partial charge in [0.05, 0.1) is 11.9 Å². The van der Waals surface area contributed by atoms with E-state index >= 15 is 0 Å². The van der Waals surface area contributed by atoms with Gasteiger partial charge >= 0.3 is 7.60 Å². The van der Waals surface area contributed by atoms with Crippen molar-refractivity contribution in [3.05, 3.63) is 9.80 Å². The summed E-state index contributed by atoms with van der Waals surface area (Å²) in [5.74, 6) is 0. The molecule has 1 unspecified atom stereocenters. The van der Waals surface area contributed by atoms with Crippen LogP contribution in [-0.2, 0) is 13.6 Å². The van der Waals surface area contributed by atoms with Crippen molar-refractivity contribution in [2.45, 2.75) is 70.8 Å². The molecule has 0 aromatic heterocycles. The van der Waals surface area contributed by atoms with Gasteiger partial charge in [0, 0.05) is 4.48 Å². The summed E-state index contributed by atoms with van der Waals surface area (Å²) in [7, 11) is -3.07. The summed E-state index contributed by atoms with van der Waals surface area (Å²) in [6.45, 7) is 4.45. The molecule has 110 valence electrons. The van der Waals surface area contributed by atoms with Gasteiger partial charge in [0.25, 0.3) is 0 Å². The number of halogens is 1. The van der Waals surface area contributed by atoms with E-state index in [-0.39, 0.29) is 5.60 Å². The molecule has 0 N–H and O–H groups in total. The Bertz CT molecular complexity index is 399. The van der Waals surface area contributed by atoms with Crippen molar-refractivity contribution in [3.8, 4) is 0 Å². The van der Waals surface area contributed by atoms with Crippen LogP contribution in [-0.4, -0.2) is 12.2 Å². The third-order valence-electron chi connectivity index (χ3n) is 4.01. The lowest BCUT2D eigenvalue weighted by Crippen LogP contribution is -2.31. The van der Waals surface area contributed by atoms with Crippen molar-refractivity contribution in [2.24, 2.45) is 0 Å². The van der Waals surface area contributed by atoms with Crippen LogP contribution in [0, 0.1) is 0 Å². The number of allylic oxidation sites excluding steroid dienone is 1. The van der Waals surface area contributed by atoms with Crippen LogP contribution in [0.3, 0.4) is 0 Å². The van der Waals surface area contributed by atoms with E-state index in [1.165, 1.54) is 6.42 Å². The van der Waals surface area contributed by atoms with Crippen LogP contribution in [0.4, 0.5) is 0 Å². The first-order valence-electron chi connectivity index (χ1n) is 7.43. The summed E-state index contributed by atoms with van der Waals surface area (Å²) in [5, 5.41) is 0.901. The molecular weight excluding hydrogens is 327 g/mol. The van der Waals surface area contributed by atoms with Crippen LogP contribution in [0.15, 0.2) is 9.80 Å². The highest BCUT2D eigenvalue weighted by atomic mass is 79.9. The maximum atomic E-state index is 13.0. The maximum Gasteiger partial charge on any atom is 0.359 e. The Morgan fingerprint density at radius 3 is 2.58 bits per heavy atom. The van der Waals surface area contributed by atoms with Crippen LogP contribution in [0.25, 0.3) is 0 Å². The minimum absolute atomic E-state index is 0.355. The second-order valence-corrected chi connectivity index (χ2v) is 8.19. The lowest BCUT2D eigenvalue weighted by atomic mass is 9.84. The molecule has 1 heterocycles. The summed E-state index contributed by atoms with van der Waals surface area (Å²) in [4.78, 5) is 0. The fourth-order valence-corrected chi connectivity index (χ4v) is 6.73. The molecule has 2 rings (SSSR count). The first kappa shape index (κ1) is 15.8. The Hall–Kier alpha value is 0.370. The first-order chi connectivity index (χ1) is 9.08. The lowest BCUT2D eigenvalue weighted by molar-refractivity contribution is 0.0659. The highest BCUT2D eigenvalue weighted by Gasteiger charge is 2.53. The van der Waals surface area contributed by atoms with Gasteiger partial charge in [-0.3, -0.25) is 9.09 Å². The number of rotatable bonds is 5. The second-order valence-electron chi connectivity index (χ2n) is 5.43. The average Bonchev–Trinajstić information content (AvgIpc) is 2.58. The molecule has 1 aliphatic heterocycles. The van der Waals surface area contributed by atoms with E-state index in [1.54, 1.807) is 0 Å². The highest BCUT2D eigenvalue weighted by molar-refractivity contribution is 9.11. The van der Waals surface area contributed by atoms with E-state index in [0.29, 0.717) is 6.61 Å². The number of hydrogen-bond donors (Lipinski definition) is 0. The van der Waals surface area contributed by atoms with Crippen molar-refractivity contribution < 1.29 is 13.6 Å². The molecule has 5 heteroatoms. The van der Waals surface area contributed by atoms with Gasteiger partial charge in [-0.2, -0.15) is 0 Å². The molecular formula is C14H24BrO3P. The van der Waals surface area contributed by atoms with Gasteiger partial charge in [0.15, 0.2) is 0 Å². The Morgan fingerprint density at radius 2 is 2.00 bits per heavy atom. The summed E-state index contributed by atoms with van der Waals surface area (Å²) in [5.41, 5.74) is -0.355. The standard InChI is InChI=1S/C14H24BrO3P/c1-3-5-9-12-13(15)14(10-7-6-8-11-14)18-19(12,16)17-4-2/h3-11H2,1-2H3. The van der Waals surface area contributed by atoms with Gasteiger partial charge in [-0.25, -0.2) is 0 Å². The van der Waals surface area contributed by atoms with Gasteiger partial charge in [0.1, 0.15) is 5.60 Å². The molecule has 1 fully saturated rings. The Morgan fingerprint density at radius 1 is 1.32 bits per heavy atom. The molecule has 0 aromatic rings. The Kier molecular flexibility index (Phi) is 5.33. The molecule has 0 radical (unpaired) electrons. The normalized spacial score (nSPS) is 30.3. The van der Waals surface area contributed by atoms with Crippen LogP contribution in [0.5, 0.6) is 0 Å². The molecule has 0 amide bonds. The topological polar surface area (TPSA) is 35.5 Å². The van der Waals surface area contributed by atoms with Crippen LogP contribution in [0.2, 0.25) is 0 Å². The van der Waals surface area contributed by atoms with Gasteiger partial charge < -0.3 is 4.52 Å². The molecule has 1 saturated carbocycles. The second kappa shape index (κ2) is 6.43. The SMILES string of the molecule is CCCCC1=C(Br)C2(CCCCC2)OP1(=O)OCC. The molecule has 1 atom stereocenters. The molecule has 0 saturated heterocycles. The zero-order valence-electron chi connectivity index (χ0n) is 11.9. The highest BCUT2D eigenvalue weighted by Crippen LogP contribution is 2.71. The van der Waals surface area contributed by atoms with Crippen molar-refractivity contribution in [1.82, 2.24) is 0 Å². The van der Waals surface area contributed by atoms with E-state index in [2.05, 4.69) is 22.9 Å². The Balaban J connectivity index is 2.30. The quantitative estimate of drug-likeness (QED) is 0.592. The zero-order valence-corrected chi connectivity index (χ0v) is 14.4. The largest absolute Gasteiger partial charge is 0.359 e. The van der Waals surface area contributed by atoms with Crippen LogP contribution < -0.4 is 0 Å². The summed E-state index contributed by atoms with van der Waals surface area (Å²) >= 11 is 3.70. The minimum atomic E-state index is -3.07. The van der Waals surface area contributed by atoms with Gasteiger partial charge in [-0.05, 0) is 32.6 Å².